The van der Waals surface area contributed by atoms with Gasteiger partial charge in [-0.05, 0) is 107 Å². The molecule has 3 aliphatic rings. The molecule has 0 aromatic heterocycles. The van der Waals surface area contributed by atoms with Gasteiger partial charge in [0.15, 0.2) is 0 Å². The van der Waals surface area contributed by atoms with Crippen molar-refractivity contribution in [2.45, 2.75) is 115 Å². The Hall–Kier alpha value is -4.84. The van der Waals surface area contributed by atoms with Crippen LogP contribution < -0.4 is 9.80 Å². The van der Waals surface area contributed by atoms with Crippen LogP contribution >= 0.6 is 11.8 Å². The van der Waals surface area contributed by atoms with Crippen molar-refractivity contribution in [1.29, 1.82) is 0 Å². The quantitative estimate of drug-likeness (QED) is 0.0617. The molecule has 7 rings (SSSR count). The van der Waals surface area contributed by atoms with E-state index in [9.17, 15) is 32.8 Å². The predicted octanol–water partition coefficient (Wildman–Crippen LogP) is 12.0. The van der Waals surface area contributed by atoms with Crippen molar-refractivity contribution in [3.63, 3.8) is 0 Å². The molecule has 11 heteroatoms. The zero-order valence-electron chi connectivity index (χ0n) is 37.1. The average Bonchev–Trinajstić information content (AvgIpc) is 3.59. The Morgan fingerprint density at radius 3 is 1.98 bits per heavy atom. The van der Waals surface area contributed by atoms with E-state index in [4.69, 9.17) is 0 Å². The molecule has 1 aliphatic carbocycles. The summed E-state index contributed by atoms with van der Waals surface area (Å²) in [5.41, 5.74) is 7.84. The molecule has 0 radical (unpaired) electrons. The van der Waals surface area contributed by atoms with Crippen LogP contribution in [0, 0.1) is 0 Å². The van der Waals surface area contributed by atoms with E-state index in [2.05, 4.69) is 135 Å². The van der Waals surface area contributed by atoms with Crippen LogP contribution in [0.15, 0.2) is 119 Å². The van der Waals surface area contributed by atoms with E-state index >= 15 is 0 Å². The lowest BCUT2D eigenvalue weighted by Gasteiger charge is -2.33. The number of carboxylic acids is 2. The fraction of sp³-hybridized carbons (Fsp3) is 0.423. The Morgan fingerprint density at radius 2 is 1.35 bits per heavy atom. The van der Waals surface area contributed by atoms with Crippen LogP contribution in [-0.2, 0) is 30.5 Å². The van der Waals surface area contributed by atoms with Gasteiger partial charge in [-0.1, -0.05) is 119 Å². The van der Waals surface area contributed by atoms with Crippen molar-refractivity contribution < 1.29 is 32.8 Å². The second-order valence-corrected chi connectivity index (χ2v) is 21.0. The number of aliphatic carboxylic acids is 2. The second-order valence-electron chi connectivity index (χ2n) is 18.4. The van der Waals surface area contributed by atoms with E-state index in [0.29, 0.717) is 12.8 Å². The van der Waals surface area contributed by atoms with Gasteiger partial charge in [0.2, 0.25) is 0 Å². The molecular weight excluding hydrogens is 829 g/mol. The molecule has 2 heterocycles. The van der Waals surface area contributed by atoms with Crippen LogP contribution in [0.4, 0.5) is 11.4 Å². The fourth-order valence-electron chi connectivity index (χ4n) is 10.2. The third-order valence-corrected chi connectivity index (χ3v) is 15.4. The smallest absolute Gasteiger partial charge is 0.303 e. The lowest BCUT2D eigenvalue weighted by atomic mass is 9.78. The maximum absolute atomic E-state index is 12.0. The van der Waals surface area contributed by atoms with Crippen molar-refractivity contribution in [3.8, 4) is 0 Å². The number of nitrogens with zero attached hydrogens (tertiary/aromatic N) is 2. The van der Waals surface area contributed by atoms with Gasteiger partial charge in [-0.15, -0.1) is 11.8 Å². The molecule has 0 fully saturated rings. The third kappa shape index (κ3) is 10.3. The topological polar surface area (TPSA) is 135 Å². The predicted molar refractivity (Wildman–Crippen MR) is 260 cm³/mol. The number of carboxylic acid groups (broad SMARTS) is 2. The van der Waals surface area contributed by atoms with Crippen molar-refractivity contribution in [2.24, 2.45) is 0 Å². The highest BCUT2D eigenvalue weighted by Gasteiger charge is 2.44. The molecule has 334 valence electrons. The highest BCUT2D eigenvalue weighted by Crippen LogP contribution is 2.52. The lowest BCUT2D eigenvalue weighted by molar-refractivity contribution is -0.138. The molecule has 3 N–H and O–H groups in total. The highest BCUT2D eigenvalue weighted by atomic mass is 32.2. The summed E-state index contributed by atoms with van der Waals surface area (Å²) < 4.78 is 33.8. The van der Waals surface area contributed by atoms with Gasteiger partial charge in [0, 0.05) is 64.5 Å². The minimum Gasteiger partial charge on any atom is -0.481 e. The van der Waals surface area contributed by atoms with E-state index in [-0.39, 0.29) is 41.2 Å². The number of benzene rings is 4. The van der Waals surface area contributed by atoms with E-state index < -0.39 is 22.1 Å². The number of anilines is 2. The fourth-order valence-corrected chi connectivity index (χ4v) is 12.3. The third-order valence-electron chi connectivity index (χ3n) is 13.2. The first-order chi connectivity index (χ1) is 30.1. The number of fused-ring (bicyclic) bond motifs is 6. The van der Waals surface area contributed by atoms with Gasteiger partial charge in [-0.2, -0.15) is 8.42 Å². The minimum absolute atomic E-state index is 0.0162. The Balaban J connectivity index is 1.27. The molecule has 4 aromatic carbocycles. The first kappa shape index (κ1) is 46.2. The molecule has 1 atom stereocenters. The second kappa shape index (κ2) is 19.5. The van der Waals surface area contributed by atoms with Crippen molar-refractivity contribution in [2.75, 3.05) is 34.4 Å². The first-order valence-corrected chi connectivity index (χ1v) is 25.1. The standard InChI is InChI=1S/C52H62N2O7S2/c1-51(2)44(53(32-13-5-7-22-46(55)56)42-28-24-36-16-9-11-20-40(36)48(42)51)30-26-38-18-15-19-39(50(38)62-34-35-63(59,60)61)27-31-45-52(3,4)49-41-21-12-10-17-37(41)25-29-43(49)54(45)33-14-6-8-23-47(57)58/h9-12,16-17,20-21,24-31,44H,5-8,13-15,18-19,22-23,32-35H2,1-4H3,(H,55,56)(H,57,58)(H,59,60,61). The largest absolute Gasteiger partial charge is 0.481 e. The van der Waals surface area contributed by atoms with E-state index in [1.165, 1.54) is 61.5 Å². The molecule has 9 nitrogen and oxygen atoms in total. The molecule has 0 saturated carbocycles. The Kier molecular flexibility index (Phi) is 14.3. The van der Waals surface area contributed by atoms with Gasteiger partial charge in [0.25, 0.3) is 10.1 Å². The molecule has 63 heavy (non-hydrogen) atoms. The molecular formula is C52H62N2O7S2. The van der Waals surface area contributed by atoms with Crippen LogP contribution in [-0.4, -0.2) is 65.8 Å². The summed E-state index contributed by atoms with van der Waals surface area (Å²) in [5, 5.41) is 23.4. The van der Waals surface area contributed by atoms with Gasteiger partial charge in [-0.3, -0.25) is 14.1 Å². The highest BCUT2D eigenvalue weighted by molar-refractivity contribution is 8.04. The minimum atomic E-state index is -4.16. The van der Waals surface area contributed by atoms with Gasteiger partial charge < -0.3 is 20.0 Å². The Labute approximate surface area is 377 Å². The molecule has 0 saturated heterocycles. The molecule has 2 aliphatic heterocycles. The van der Waals surface area contributed by atoms with Crippen LogP contribution in [0.3, 0.4) is 0 Å². The average molecular weight is 891 g/mol. The van der Waals surface area contributed by atoms with Gasteiger partial charge in [0.1, 0.15) is 0 Å². The summed E-state index contributed by atoms with van der Waals surface area (Å²) in [4.78, 5) is 28.5. The molecule has 1 unspecified atom stereocenters. The maximum Gasteiger partial charge on any atom is 0.303 e. The van der Waals surface area contributed by atoms with Crippen LogP contribution in [0.2, 0.25) is 0 Å². The van der Waals surface area contributed by atoms with Crippen LogP contribution in [0.5, 0.6) is 0 Å². The maximum atomic E-state index is 12.0. The SMILES string of the molecule is CC1(C)C(=CC=C2CCCC(C=CC3N(CCCCCC(=O)O)c4ccc5ccccc5c4C3(C)C)=C2SCCS(=O)(=O)O)N(CCCCCC(=O)O)c2ccc3ccccc3c21. The number of hydrogen-bond acceptors (Lipinski definition) is 7. The summed E-state index contributed by atoms with van der Waals surface area (Å²) in [6.45, 7) is 10.7. The first-order valence-electron chi connectivity index (χ1n) is 22.5. The van der Waals surface area contributed by atoms with Gasteiger partial charge >= 0.3 is 11.9 Å². The van der Waals surface area contributed by atoms with E-state index in [0.717, 1.165) is 74.1 Å². The monoisotopic (exact) mass is 890 g/mol. The van der Waals surface area contributed by atoms with Gasteiger partial charge in [0.05, 0.1) is 11.8 Å². The molecule has 4 aromatic rings. The lowest BCUT2D eigenvalue weighted by Crippen LogP contribution is -2.40. The number of unbranched alkanes of at least 4 members (excludes halogenated alkanes) is 4. The van der Waals surface area contributed by atoms with Crippen molar-refractivity contribution >= 4 is 66.7 Å². The van der Waals surface area contributed by atoms with E-state index in [1.54, 1.807) is 0 Å². The Bertz CT molecular complexity index is 2610. The Morgan fingerprint density at radius 1 is 0.746 bits per heavy atom. The number of carbonyl (C=O) groups is 2. The van der Waals surface area contributed by atoms with Gasteiger partial charge in [-0.25, -0.2) is 0 Å². The summed E-state index contributed by atoms with van der Waals surface area (Å²) in [6.07, 6.45) is 16.7. The summed E-state index contributed by atoms with van der Waals surface area (Å²) in [7, 11) is -4.16. The number of hydrogen-bond donors (Lipinski definition) is 3. The molecule has 0 spiro atoms. The van der Waals surface area contributed by atoms with Crippen molar-refractivity contribution in [1.82, 2.24) is 0 Å². The zero-order valence-corrected chi connectivity index (χ0v) is 38.7. The van der Waals surface area contributed by atoms with Crippen LogP contribution in [0.25, 0.3) is 21.5 Å². The normalized spacial score (nSPS) is 19.5. The number of thioether (sulfide) groups is 1. The van der Waals surface area contributed by atoms with Crippen LogP contribution in [0.1, 0.15) is 109 Å². The van der Waals surface area contributed by atoms with E-state index in [1.807, 2.05) is 0 Å². The molecule has 0 bridgehead atoms. The number of allylic oxidation sites excluding steroid dienone is 6. The summed E-state index contributed by atoms with van der Waals surface area (Å²) in [6, 6.07) is 25.9. The number of rotatable bonds is 19. The van der Waals surface area contributed by atoms with Crippen molar-refractivity contribution in [3.05, 3.63) is 130 Å². The molecule has 0 amide bonds. The summed E-state index contributed by atoms with van der Waals surface area (Å²) in [5.74, 6) is -1.65. The zero-order chi connectivity index (χ0) is 44.9. The summed E-state index contributed by atoms with van der Waals surface area (Å²) >= 11 is 1.50.